The Hall–Kier alpha value is -2.07. The van der Waals surface area contributed by atoms with Gasteiger partial charge in [-0.05, 0) is 36.5 Å². The lowest BCUT2D eigenvalue weighted by atomic mass is 9.86. The number of rotatable bonds is 10. The molecule has 0 aliphatic carbocycles. The Bertz CT molecular complexity index is 802. The summed E-state index contributed by atoms with van der Waals surface area (Å²) < 4.78 is 32.5. The molecular formula is C16H25N5O4S. The van der Waals surface area contributed by atoms with Crippen LogP contribution in [0.3, 0.4) is 0 Å². The van der Waals surface area contributed by atoms with Crippen molar-refractivity contribution in [3.05, 3.63) is 18.3 Å². The summed E-state index contributed by atoms with van der Waals surface area (Å²) in [6, 6.07) is 3.60. The molecule has 2 heterocycles. The molecule has 0 saturated carbocycles. The van der Waals surface area contributed by atoms with E-state index >= 15 is 0 Å². The van der Waals surface area contributed by atoms with Gasteiger partial charge in [0.25, 0.3) is 10.1 Å². The second kappa shape index (κ2) is 8.54. The molecule has 0 saturated heterocycles. The Morgan fingerprint density at radius 3 is 2.50 bits per heavy atom. The molecule has 9 nitrogen and oxygen atoms in total. The topological polar surface area (TPSA) is 109 Å². The van der Waals surface area contributed by atoms with Crippen molar-refractivity contribution in [3.8, 4) is 17.3 Å². The first-order chi connectivity index (χ1) is 12.2. The summed E-state index contributed by atoms with van der Waals surface area (Å²) in [5.41, 5.74) is 0.669. The molecule has 2 aromatic rings. The second-order valence-electron chi connectivity index (χ2n) is 6.73. The number of aromatic nitrogens is 5. The van der Waals surface area contributed by atoms with Crippen molar-refractivity contribution in [2.75, 3.05) is 19.5 Å². The van der Waals surface area contributed by atoms with Crippen LogP contribution in [0.25, 0.3) is 11.4 Å². The Morgan fingerprint density at radius 1 is 1.19 bits per heavy atom. The van der Waals surface area contributed by atoms with Gasteiger partial charge in [0.15, 0.2) is 0 Å². The molecule has 2 aromatic heterocycles. The lowest BCUT2D eigenvalue weighted by molar-refractivity contribution is 0.182. The van der Waals surface area contributed by atoms with Crippen molar-refractivity contribution in [1.82, 2.24) is 25.2 Å². The Labute approximate surface area is 153 Å². The Kier molecular flexibility index (Phi) is 6.65. The van der Waals surface area contributed by atoms with E-state index in [9.17, 15) is 8.42 Å². The number of pyridine rings is 1. The van der Waals surface area contributed by atoms with Crippen LogP contribution >= 0.6 is 0 Å². The molecular weight excluding hydrogens is 358 g/mol. The molecule has 0 N–H and O–H groups in total. The lowest BCUT2D eigenvalue weighted by Gasteiger charge is -2.23. The van der Waals surface area contributed by atoms with Crippen molar-refractivity contribution < 1.29 is 17.3 Å². The van der Waals surface area contributed by atoms with Crippen LogP contribution in [-0.2, 0) is 20.8 Å². The molecule has 10 heteroatoms. The molecule has 0 unspecified atom stereocenters. The lowest BCUT2D eigenvalue weighted by Crippen LogP contribution is -2.19. The van der Waals surface area contributed by atoms with Gasteiger partial charge in [-0.25, -0.2) is 4.98 Å². The highest BCUT2D eigenvalue weighted by molar-refractivity contribution is 7.85. The maximum absolute atomic E-state index is 11.0. The summed E-state index contributed by atoms with van der Waals surface area (Å²) in [7, 11) is -3.39. The van der Waals surface area contributed by atoms with Crippen LogP contribution in [0, 0.1) is 5.41 Å². The van der Waals surface area contributed by atoms with E-state index in [-0.39, 0.29) is 12.0 Å². The molecule has 0 radical (unpaired) electrons. The number of hydrogen-bond donors (Lipinski definition) is 0. The van der Waals surface area contributed by atoms with Gasteiger partial charge in [-0.1, -0.05) is 13.8 Å². The predicted octanol–water partition coefficient (Wildman–Crippen LogP) is 1.92. The van der Waals surface area contributed by atoms with Crippen molar-refractivity contribution in [3.63, 3.8) is 0 Å². The smallest absolute Gasteiger partial charge is 0.264 e. The maximum atomic E-state index is 11.0. The zero-order valence-electron chi connectivity index (χ0n) is 15.5. The molecule has 144 valence electrons. The fourth-order valence-corrected chi connectivity index (χ4v) is 2.50. The van der Waals surface area contributed by atoms with E-state index in [1.165, 1.54) is 4.80 Å². The van der Waals surface area contributed by atoms with Crippen LogP contribution in [0.5, 0.6) is 5.88 Å². The molecule has 26 heavy (non-hydrogen) atoms. The summed E-state index contributed by atoms with van der Waals surface area (Å²) in [6.07, 6.45) is 4.07. The van der Waals surface area contributed by atoms with Crippen molar-refractivity contribution in [2.24, 2.45) is 5.41 Å². The monoisotopic (exact) mass is 383 g/mol. The van der Waals surface area contributed by atoms with Gasteiger partial charge in [0.05, 0.1) is 26.0 Å². The van der Waals surface area contributed by atoms with Crippen molar-refractivity contribution >= 4 is 10.1 Å². The fraction of sp³-hybridized carbons (Fsp3) is 0.625. The van der Waals surface area contributed by atoms with E-state index in [0.717, 1.165) is 18.2 Å². The van der Waals surface area contributed by atoms with Crippen LogP contribution in [0.2, 0.25) is 0 Å². The minimum atomic E-state index is -3.39. The average Bonchev–Trinajstić information content (AvgIpc) is 3.03. The van der Waals surface area contributed by atoms with E-state index in [4.69, 9.17) is 8.92 Å². The summed E-state index contributed by atoms with van der Waals surface area (Å²) in [5, 5.41) is 12.1. The number of nitrogens with zero attached hydrogens (tertiary/aromatic N) is 5. The van der Waals surface area contributed by atoms with E-state index in [0.29, 0.717) is 31.3 Å². The zero-order valence-corrected chi connectivity index (χ0v) is 16.4. The van der Waals surface area contributed by atoms with Crippen molar-refractivity contribution in [1.29, 1.82) is 0 Å². The quantitative estimate of drug-likeness (QED) is 0.572. The third-order valence-electron chi connectivity index (χ3n) is 3.84. The summed E-state index contributed by atoms with van der Waals surface area (Å²) in [6.45, 7) is 7.33. The van der Waals surface area contributed by atoms with E-state index in [1.807, 2.05) is 26.8 Å². The van der Waals surface area contributed by atoms with E-state index < -0.39 is 10.1 Å². The maximum Gasteiger partial charge on any atom is 0.264 e. The summed E-state index contributed by atoms with van der Waals surface area (Å²) in [4.78, 5) is 5.77. The molecule has 0 aliphatic heterocycles. The van der Waals surface area contributed by atoms with Gasteiger partial charge in [-0.3, -0.25) is 4.18 Å². The third-order valence-corrected chi connectivity index (χ3v) is 4.43. The Morgan fingerprint density at radius 2 is 1.92 bits per heavy atom. The molecule has 0 spiro atoms. The fourth-order valence-electron chi connectivity index (χ4n) is 2.12. The number of tetrazole rings is 1. The van der Waals surface area contributed by atoms with Gasteiger partial charge in [-0.15, -0.1) is 10.2 Å². The van der Waals surface area contributed by atoms with E-state index in [1.54, 1.807) is 12.3 Å². The first-order valence-corrected chi connectivity index (χ1v) is 10.2. The van der Waals surface area contributed by atoms with Gasteiger partial charge >= 0.3 is 0 Å². The molecule has 2 rings (SSSR count). The van der Waals surface area contributed by atoms with Crippen LogP contribution < -0.4 is 4.74 Å². The Balaban J connectivity index is 1.80. The van der Waals surface area contributed by atoms with Gasteiger partial charge < -0.3 is 4.74 Å². The van der Waals surface area contributed by atoms with Gasteiger partial charge in [-0.2, -0.15) is 13.2 Å². The first kappa shape index (κ1) is 20.2. The highest BCUT2D eigenvalue weighted by Crippen LogP contribution is 2.25. The summed E-state index contributed by atoms with van der Waals surface area (Å²) >= 11 is 0. The molecule has 0 aromatic carbocycles. The highest BCUT2D eigenvalue weighted by Gasteiger charge is 2.19. The molecule has 0 atom stereocenters. The first-order valence-electron chi connectivity index (χ1n) is 8.40. The van der Waals surface area contributed by atoms with E-state index in [2.05, 4.69) is 20.4 Å². The second-order valence-corrected chi connectivity index (χ2v) is 8.37. The van der Waals surface area contributed by atoms with Crippen LogP contribution in [0.15, 0.2) is 18.3 Å². The molecule has 0 fully saturated rings. The highest BCUT2D eigenvalue weighted by atomic mass is 32.2. The standard InChI is InChI=1S/C16H25N5O4S/c1-5-21-19-15(18-20-21)13-6-7-14(17-12-13)24-10-8-16(2,3)9-11-25-26(4,22)23/h6-7,12H,5,8-11H2,1-4H3. The van der Waals surface area contributed by atoms with Crippen LogP contribution in [0.1, 0.15) is 33.6 Å². The third kappa shape index (κ3) is 6.68. The van der Waals surface area contributed by atoms with Gasteiger partial charge in [0.1, 0.15) is 0 Å². The van der Waals surface area contributed by atoms with Gasteiger partial charge in [0, 0.05) is 17.8 Å². The van der Waals surface area contributed by atoms with Gasteiger partial charge in [0.2, 0.25) is 11.7 Å². The average molecular weight is 383 g/mol. The van der Waals surface area contributed by atoms with Crippen LogP contribution in [-0.4, -0.2) is 53.1 Å². The number of hydrogen-bond acceptors (Lipinski definition) is 8. The summed E-state index contributed by atoms with van der Waals surface area (Å²) in [5.74, 6) is 1.04. The molecule has 0 amide bonds. The van der Waals surface area contributed by atoms with Crippen molar-refractivity contribution in [2.45, 2.75) is 40.2 Å². The minimum Gasteiger partial charge on any atom is -0.478 e. The largest absolute Gasteiger partial charge is 0.478 e. The number of ether oxygens (including phenoxy) is 1. The minimum absolute atomic E-state index is 0.104. The normalized spacial score (nSPS) is 12.3. The predicted molar refractivity (Wildman–Crippen MR) is 96.0 cm³/mol. The van der Waals surface area contributed by atoms with Crippen LogP contribution in [0.4, 0.5) is 0 Å². The number of aryl methyl sites for hydroxylation is 1. The molecule has 0 bridgehead atoms. The SMILES string of the molecule is CCn1nnc(-c2ccc(OCCC(C)(C)CCOS(C)(=O)=O)nc2)n1. The zero-order chi connectivity index (χ0) is 19.2. The molecule has 0 aliphatic rings.